The van der Waals surface area contributed by atoms with E-state index in [2.05, 4.69) is 10.3 Å². The van der Waals surface area contributed by atoms with E-state index in [1.807, 2.05) is 36.4 Å². The zero-order valence-corrected chi connectivity index (χ0v) is 15.2. The molecule has 1 aliphatic rings. The largest absolute Gasteiger partial charge is 0.497 e. The second-order valence-corrected chi connectivity index (χ2v) is 6.78. The summed E-state index contributed by atoms with van der Waals surface area (Å²) in [5.74, 6) is 1.53. The van der Waals surface area contributed by atoms with Crippen LogP contribution < -0.4 is 14.8 Å². The molecule has 0 saturated heterocycles. The smallest absolute Gasteiger partial charge is 0.295 e. The minimum Gasteiger partial charge on any atom is -0.497 e. The molecule has 1 saturated carbocycles. The van der Waals surface area contributed by atoms with Gasteiger partial charge in [-0.15, -0.1) is 0 Å². The lowest BCUT2D eigenvalue weighted by atomic mass is 9.96. The lowest BCUT2D eigenvalue weighted by Gasteiger charge is -2.21. The Morgan fingerprint density at radius 1 is 0.923 bits per heavy atom. The molecule has 0 atom stereocenters. The molecular formula is C21H24N2O3. The van der Waals surface area contributed by atoms with Crippen molar-refractivity contribution in [3.05, 3.63) is 36.4 Å². The van der Waals surface area contributed by atoms with Crippen LogP contribution >= 0.6 is 0 Å². The van der Waals surface area contributed by atoms with Crippen LogP contribution in [0.5, 0.6) is 11.5 Å². The maximum absolute atomic E-state index is 5.88. The number of methoxy groups -OCH3 is 2. The first-order chi connectivity index (χ1) is 12.7. The molecule has 4 rings (SSSR count). The van der Waals surface area contributed by atoms with Crippen LogP contribution in [0, 0.1) is 0 Å². The second-order valence-electron chi connectivity index (χ2n) is 6.78. The third-order valence-electron chi connectivity index (χ3n) is 5.01. The predicted molar refractivity (Wildman–Crippen MR) is 103 cm³/mol. The summed E-state index contributed by atoms with van der Waals surface area (Å²) in [6.45, 7) is 0. The number of ether oxygens (including phenoxy) is 2. The van der Waals surface area contributed by atoms with Crippen molar-refractivity contribution in [3.63, 3.8) is 0 Å². The first kappa shape index (κ1) is 16.8. The third kappa shape index (κ3) is 3.47. The van der Waals surface area contributed by atoms with Crippen LogP contribution in [0.2, 0.25) is 0 Å². The van der Waals surface area contributed by atoms with E-state index in [1.165, 1.54) is 32.1 Å². The molecule has 1 aromatic heterocycles. The lowest BCUT2D eigenvalue weighted by Crippen LogP contribution is -2.22. The minimum absolute atomic E-state index is 0.471. The number of nitrogens with one attached hydrogen (secondary N) is 1. The number of anilines is 1. The fourth-order valence-electron chi connectivity index (χ4n) is 3.56. The standard InChI is InChI=1S/C21H24N2O3/c1-24-17-10-15(11-18(13-17)25-2)14-8-9-20-19(12-14)23-21(26-20)22-16-6-4-3-5-7-16/h8-13,16H,3-7H2,1-2H3,(H,22,23). The van der Waals surface area contributed by atoms with Gasteiger partial charge in [-0.1, -0.05) is 25.3 Å². The monoisotopic (exact) mass is 352 g/mol. The molecule has 1 N–H and O–H groups in total. The number of fused-ring (bicyclic) bond motifs is 1. The lowest BCUT2D eigenvalue weighted by molar-refractivity contribution is 0.394. The Kier molecular flexibility index (Phi) is 4.69. The van der Waals surface area contributed by atoms with Gasteiger partial charge in [-0.3, -0.25) is 0 Å². The number of hydrogen-bond donors (Lipinski definition) is 1. The maximum atomic E-state index is 5.88. The molecule has 26 heavy (non-hydrogen) atoms. The number of benzene rings is 2. The van der Waals surface area contributed by atoms with Crippen LogP contribution in [0.15, 0.2) is 40.8 Å². The molecule has 0 spiro atoms. The van der Waals surface area contributed by atoms with Crippen molar-refractivity contribution in [3.8, 4) is 22.6 Å². The van der Waals surface area contributed by atoms with Crippen molar-refractivity contribution in [2.75, 3.05) is 19.5 Å². The minimum atomic E-state index is 0.471. The van der Waals surface area contributed by atoms with Crippen molar-refractivity contribution in [1.29, 1.82) is 0 Å². The molecule has 1 fully saturated rings. The number of aromatic nitrogens is 1. The van der Waals surface area contributed by atoms with Gasteiger partial charge in [-0.05, 0) is 48.2 Å². The fourth-order valence-corrected chi connectivity index (χ4v) is 3.56. The molecule has 2 aromatic carbocycles. The van der Waals surface area contributed by atoms with Gasteiger partial charge in [0.2, 0.25) is 0 Å². The molecular weight excluding hydrogens is 328 g/mol. The van der Waals surface area contributed by atoms with E-state index in [-0.39, 0.29) is 0 Å². The molecule has 0 bridgehead atoms. The first-order valence-corrected chi connectivity index (χ1v) is 9.16. The van der Waals surface area contributed by atoms with Crippen LogP contribution in [0.25, 0.3) is 22.2 Å². The van der Waals surface area contributed by atoms with Gasteiger partial charge >= 0.3 is 0 Å². The summed E-state index contributed by atoms with van der Waals surface area (Å²) in [7, 11) is 3.31. The van der Waals surface area contributed by atoms with Crippen molar-refractivity contribution < 1.29 is 13.9 Å². The van der Waals surface area contributed by atoms with E-state index in [0.717, 1.165) is 33.7 Å². The van der Waals surface area contributed by atoms with Crippen molar-refractivity contribution in [2.45, 2.75) is 38.1 Å². The zero-order chi connectivity index (χ0) is 17.9. The van der Waals surface area contributed by atoms with E-state index < -0.39 is 0 Å². The van der Waals surface area contributed by atoms with Crippen LogP contribution in [-0.4, -0.2) is 25.2 Å². The SMILES string of the molecule is COc1cc(OC)cc(-c2ccc3oc(NC4CCCCC4)nc3c2)c1. The van der Waals surface area contributed by atoms with Gasteiger partial charge < -0.3 is 19.2 Å². The summed E-state index contributed by atoms with van der Waals surface area (Å²) in [5, 5.41) is 3.45. The third-order valence-corrected chi connectivity index (χ3v) is 5.01. The highest BCUT2D eigenvalue weighted by Crippen LogP contribution is 2.32. The Balaban J connectivity index is 1.63. The molecule has 1 heterocycles. The summed E-state index contributed by atoms with van der Waals surface area (Å²) in [4.78, 5) is 4.64. The van der Waals surface area contributed by atoms with Crippen molar-refractivity contribution in [1.82, 2.24) is 4.98 Å². The zero-order valence-electron chi connectivity index (χ0n) is 15.2. The molecule has 5 heteroatoms. The first-order valence-electron chi connectivity index (χ1n) is 9.16. The molecule has 3 aromatic rings. The van der Waals surface area contributed by atoms with Gasteiger partial charge in [0.25, 0.3) is 6.01 Å². The van der Waals surface area contributed by atoms with E-state index in [4.69, 9.17) is 13.9 Å². The van der Waals surface area contributed by atoms with Gasteiger partial charge in [0.15, 0.2) is 5.58 Å². The highest BCUT2D eigenvalue weighted by molar-refractivity contribution is 5.82. The second kappa shape index (κ2) is 7.28. The van der Waals surface area contributed by atoms with Crippen molar-refractivity contribution >= 4 is 17.1 Å². The average molecular weight is 352 g/mol. The number of oxazole rings is 1. The summed E-state index contributed by atoms with van der Waals surface area (Å²) in [6, 6.07) is 13.0. The normalized spacial score (nSPS) is 15.2. The highest BCUT2D eigenvalue weighted by atomic mass is 16.5. The van der Waals surface area contributed by atoms with Crippen LogP contribution in [0.3, 0.4) is 0 Å². The summed E-state index contributed by atoms with van der Waals surface area (Å²) in [6.07, 6.45) is 6.26. The Morgan fingerprint density at radius 2 is 1.65 bits per heavy atom. The fraction of sp³-hybridized carbons (Fsp3) is 0.381. The van der Waals surface area contributed by atoms with Crippen LogP contribution in [0.1, 0.15) is 32.1 Å². The maximum Gasteiger partial charge on any atom is 0.295 e. The predicted octanol–water partition coefficient (Wildman–Crippen LogP) is 5.26. The molecule has 0 unspecified atom stereocenters. The van der Waals surface area contributed by atoms with E-state index in [9.17, 15) is 0 Å². The molecule has 136 valence electrons. The Labute approximate surface area is 153 Å². The molecule has 5 nitrogen and oxygen atoms in total. The molecule has 0 radical (unpaired) electrons. The Hall–Kier alpha value is -2.69. The molecule has 0 amide bonds. The topological polar surface area (TPSA) is 56.5 Å². The number of nitrogens with zero attached hydrogens (tertiary/aromatic N) is 1. The van der Waals surface area contributed by atoms with Gasteiger partial charge in [0, 0.05) is 12.1 Å². The molecule has 1 aliphatic carbocycles. The van der Waals surface area contributed by atoms with Gasteiger partial charge in [0.05, 0.1) is 14.2 Å². The molecule has 0 aliphatic heterocycles. The van der Waals surface area contributed by atoms with Gasteiger partial charge in [-0.25, -0.2) is 0 Å². The Bertz CT molecular complexity index is 875. The quantitative estimate of drug-likeness (QED) is 0.679. The van der Waals surface area contributed by atoms with Crippen LogP contribution in [0.4, 0.5) is 6.01 Å². The van der Waals surface area contributed by atoms with E-state index in [0.29, 0.717) is 12.1 Å². The number of rotatable bonds is 5. The summed E-state index contributed by atoms with van der Waals surface area (Å²) >= 11 is 0. The summed E-state index contributed by atoms with van der Waals surface area (Å²) < 4.78 is 16.6. The van der Waals surface area contributed by atoms with E-state index >= 15 is 0 Å². The van der Waals surface area contributed by atoms with Gasteiger partial charge in [-0.2, -0.15) is 4.98 Å². The summed E-state index contributed by atoms with van der Waals surface area (Å²) in [5.41, 5.74) is 3.71. The average Bonchev–Trinajstić information content (AvgIpc) is 3.09. The Morgan fingerprint density at radius 3 is 2.35 bits per heavy atom. The van der Waals surface area contributed by atoms with E-state index in [1.54, 1.807) is 14.2 Å². The van der Waals surface area contributed by atoms with Gasteiger partial charge in [0.1, 0.15) is 17.0 Å². The van der Waals surface area contributed by atoms with Crippen molar-refractivity contribution in [2.24, 2.45) is 0 Å². The highest BCUT2D eigenvalue weighted by Gasteiger charge is 2.16. The van der Waals surface area contributed by atoms with Crippen LogP contribution in [-0.2, 0) is 0 Å². The number of hydrogen-bond acceptors (Lipinski definition) is 5.